The van der Waals surface area contributed by atoms with E-state index in [1.54, 1.807) is 24.3 Å². The summed E-state index contributed by atoms with van der Waals surface area (Å²) in [6.45, 7) is 5.53. The molecule has 3 aromatic carbocycles. The van der Waals surface area contributed by atoms with E-state index in [1.165, 1.54) is 0 Å². The number of urea groups is 1. The molecule has 36 heavy (non-hydrogen) atoms. The minimum Gasteiger partial charge on any atom is -0.454 e. The average Bonchev–Trinajstić information content (AvgIpc) is 3.44. The first-order valence-corrected chi connectivity index (χ1v) is 11.8. The first-order valence-electron chi connectivity index (χ1n) is 11.8. The maximum absolute atomic E-state index is 13.9. The lowest BCUT2D eigenvalue weighted by molar-refractivity contribution is -0.134. The van der Waals surface area contributed by atoms with Crippen molar-refractivity contribution in [1.82, 2.24) is 15.5 Å². The molecule has 1 saturated heterocycles. The van der Waals surface area contributed by atoms with Crippen LogP contribution in [-0.2, 0) is 15.1 Å². The van der Waals surface area contributed by atoms with Gasteiger partial charge >= 0.3 is 6.03 Å². The van der Waals surface area contributed by atoms with Gasteiger partial charge < -0.3 is 20.1 Å². The molecule has 1 fully saturated rings. The highest BCUT2D eigenvalue weighted by atomic mass is 16.7. The average molecular weight is 486 g/mol. The third-order valence-corrected chi connectivity index (χ3v) is 6.83. The van der Waals surface area contributed by atoms with Gasteiger partial charge in [0.15, 0.2) is 17.0 Å². The molecule has 0 aliphatic carbocycles. The molecule has 4 amide bonds. The van der Waals surface area contributed by atoms with Crippen molar-refractivity contribution in [2.24, 2.45) is 0 Å². The molecule has 2 heterocycles. The van der Waals surface area contributed by atoms with E-state index >= 15 is 0 Å². The second-order valence-electron chi connectivity index (χ2n) is 9.14. The van der Waals surface area contributed by atoms with Crippen molar-refractivity contribution in [3.05, 3.63) is 94.5 Å². The molecule has 0 saturated carbocycles. The fraction of sp³-hybridized carbons (Fsp3) is 0.250. The Morgan fingerprint density at radius 1 is 0.972 bits per heavy atom. The molecule has 8 heteroatoms. The smallest absolute Gasteiger partial charge is 0.326 e. The largest absolute Gasteiger partial charge is 0.454 e. The number of carbonyl (C=O) groups excluding carboxylic acids is 3. The lowest BCUT2D eigenvalue weighted by Gasteiger charge is -2.28. The van der Waals surface area contributed by atoms with Gasteiger partial charge in [-0.2, -0.15) is 0 Å². The zero-order valence-electron chi connectivity index (χ0n) is 20.3. The number of amides is 4. The molecule has 3 aromatic rings. The van der Waals surface area contributed by atoms with Gasteiger partial charge in [0.25, 0.3) is 5.91 Å². The molecule has 184 valence electrons. The molecule has 2 atom stereocenters. The number of hydrogen-bond donors (Lipinski definition) is 2. The fourth-order valence-corrected chi connectivity index (χ4v) is 4.64. The summed E-state index contributed by atoms with van der Waals surface area (Å²) < 4.78 is 10.7. The summed E-state index contributed by atoms with van der Waals surface area (Å²) >= 11 is 0. The molecule has 2 aliphatic heterocycles. The maximum atomic E-state index is 13.9. The van der Waals surface area contributed by atoms with E-state index in [0.29, 0.717) is 22.6 Å². The number of benzene rings is 3. The van der Waals surface area contributed by atoms with E-state index in [0.717, 1.165) is 21.6 Å². The van der Waals surface area contributed by atoms with Crippen molar-refractivity contribution >= 4 is 17.8 Å². The molecular weight excluding hydrogens is 458 g/mol. The van der Waals surface area contributed by atoms with Gasteiger partial charge in [0, 0.05) is 0 Å². The summed E-state index contributed by atoms with van der Waals surface area (Å²) in [6, 6.07) is 19.2. The first kappa shape index (κ1) is 23.4. The molecule has 2 N–H and O–H groups in total. The van der Waals surface area contributed by atoms with Crippen LogP contribution >= 0.6 is 0 Å². The Hall–Kier alpha value is -4.33. The first-order chi connectivity index (χ1) is 17.3. The highest BCUT2D eigenvalue weighted by Crippen LogP contribution is 2.37. The fourth-order valence-electron chi connectivity index (χ4n) is 4.64. The van der Waals surface area contributed by atoms with E-state index in [9.17, 15) is 14.4 Å². The van der Waals surface area contributed by atoms with Crippen molar-refractivity contribution in [3.8, 4) is 11.5 Å². The summed E-state index contributed by atoms with van der Waals surface area (Å²) in [4.78, 5) is 40.9. The SMILES string of the molecule is Cc1ccc([C@@]2(c3ccccc3)NC(=O)N(CC(=O)N[C@H](C)c3ccc4c(c3)OCO4)C2=O)cc1C. The van der Waals surface area contributed by atoms with Gasteiger partial charge in [-0.15, -0.1) is 0 Å². The van der Waals surface area contributed by atoms with Crippen molar-refractivity contribution < 1.29 is 23.9 Å². The Bertz CT molecular complexity index is 1360. The second-order valence-corrected chi connectivity index (χ2v) is 9.14. The second kappa shape index (κ2) is 9.03. The van der Waals surface area contributed by atoms with Crippen LogP contribution in [0, 0.1) is 13.8 Å². The number of hydrogen-bond acceptors (Lipinski definition) is 5. The van der Waals surface area contributed by atoms with Crippen LogP contribution in [0.2, 0.25) is 0 Å². The predicted molar refractivity (Wildman–Crippen MR) is 133 cm³/mol. The topological polar surface area (TPSA) is 97.0 Å². The number of ether oxygens (including phenoxy) is 2. The van der Waals surface area contributed by atoms with E-state index in [4.69, 9.17) is 9.47 Å². The standard InChI is InChI=1S/C28H27N3O5/c1-17-9-11-22(13-18(17)2)28(21-7-5-4-6-8-21)26(33)31(27(34)30-28)15-25(32)29-19(3)20-10-12-23-24(14-20)36-16-35-23/h4-14,19H,15-16H2,1-3H3,(H,29,32)(H,30,34)/t19-,28-/m1/s1. The lowest BCUT2D eigenvalue weighted by Crippen LogP contribution is -2.46. The monoisotopic (exact) mass is 485 g/mol. The Kier molecular flexibility index (Phi) is 5.88. The lowest BCUT2D eigenvalue weighted by atomic mass is 9.81. The van der Waals surface area contributed by atoms with Crippen LogP contribution < -0.4 is 20.1 Å². The summed E-state index contributed by atoms with van der Waals surface area (Å²) in [6.07, 6.45) is 0. The van der Waals surface area contributed by atoms with Gasteiger partial charge in [-0.25, -0.2) is 4.79 Å². The highest BCUT2D eigenvalue weighted by molar-refractivity contribution is 6.11. The van der Waals surface area contributed by atoms with Crippen LogP contribution in [0.3, 0.4) is 0 Å². The summed E-state index contributed by atoms with van der Waals surface area (Å²) in [5.41, 5.74) is 2.75. The van der Waals surface area contributed by atoms with Crippen LogP contribution in [0.25, 0.3) is 0 Å². The third-order valence-electron chi connectivity index (χ3n) is 6.83. The molecule has 0 radical (unpaired) electrons. The van der Waals surface area contributed by atoms with Gasteiger partial charge in [-0.05, 0) is 60.7 Å². The quantitative estimate of drug-likeness (QED) is 0.519. The summed E-state index contributed by atoms with van der Waals surface area (Å²) in [5, 5.41) is 5.76. The predicted octanol–water partition coefficient (Wildman–Crippen LogP) is 3.70. The van der Waals surface area contributed by atoms with Crippen LogP contribution in [-0.4, -0.2) is 36.1 Å². The number of rotatable bonds is 6. The van der Waals surface area contributed by atoms with E-state index in [1.807, 2.05) is 63.2 Å². The van der Waals surface area contributed by atoms with E-state index < -0.39 is 29.9 Å². The minimum atomic E-state index is -1.42. The van der Waals surface area contributed by atoms with Gasteiger partial charge in [-0.1, -0.05) is 54.6 Å². The van der Waals surface area contributed by atoms with Crippen molar-refractivity contribution in [2.75, 3.05) is 13.3 Å². The van der Waals surface area contributed by atoms with Crippen LogP contribution in [0.1, 0.15) is 40.8 Å². The van der Waals surface area contributed by atoms with Gasteiger partial charge in [-0.3, -0.25) is 14.5 Å². The molecule has 5 rings (SSSR count). The highest BCUT2D eigenvalue weighted by Gasteiger charge is 2.54. The molecule has 0 spiro atoms. The Morgan fingerprint density at radius 3 is 2.47 bits per heavy atom. The summed E-state index contributed by atoms with van der Waals surface area (Å²) in [5.74, 6) is 0.324. The minimum absolute atomic E-state index is 0.162. The molecule has 2 aliphatic rings. The van der Waals surface area contributed by atoms with Gasteiger partial charge in [0.05, 0.1) is 6.04 Å². The van der Waals surface area contributed by atoms with Crippen LogP contribution in [0.15, 0.2) is 66.7 Å². The number of imide groups is 1. The number of nitrogens with one attached hydrogen (secondary N) is 2. The zero-order chi connectivity index (χ0) is 25.4. The molecule has 0 aromatic heterocycles. The van der Waals surface area contributed by atoms with Crippen molar-refractivity contribution in [3.63, 3.8) is 0 Å². The maximum Gasteiger partial charge on any atom is 0.326 e. The number of aryl methyl sites for hydroxylation is 2. The van der Waals surface area contributed by atoms with E-state index in [-0.39, 0.29) is 12.8 Å². The van der Waals surface area contributed by atoms with Gasteiger partial charge in [0.2, 0.25) is 12.7 Å². The van der Waals surface area contributed by atoms with Crippen LogP contribution in [0.5, 0.6) is 11.5 Å². The number of fused-ring (bicyclic) bond motifs is 1. The van der Waals surface area contributed by atoms with Crippen molar-refractivity contribution in [1.29, 1.82) is 0 Å². The zero-order valence-corrected chi connectivity index (χ0v) is 20.3. The number of carbonyl (C=O) groups is 3. The molecule has 0 unspecified atom stereocenters. The van der Waals surface area contributed by atoms with Gasteiger partial charge in [0.1, 0.15) is 6.54 Å². The Morgan fingerprint density at radius 2 is 1.72 bits per heavy atom. The normalized spacial score (nSPS) is 19.2. The van der Waals surface area contributed by atoms with E-state index in [2.05, 4.69) is 10.6 Å². The summed E-state index contributed by atoms with van der Waals surface area (Å²) in [7, 11) is 0. The number of nitrogens with zero attached hydrogens (tertiary/aromatic N) is 1. The molecular formula is C28H27N3O5. The Balaban J connectivity index is 1.40. The molecule has 8 nitrogen and oxygen atoms in total. The third kappa shape index (κ3) is 3.94. The van der Waals surface area contributed by atoms with Crippen molar-refractivity contribution in [2.45, 2.75) is 32.4 Å². The van der Waals surface area contributed by atoms with Crippen LogP contribution in [0.4, 0.5) is 4.79 Å². The molecule has 0 bridgehead atoms. The Labute approximate surface area is 209 Å².